The fourth-order valence-corrected chi connectivity index (χ4v) is 3.48. The zero-order valence-electron chi connectivity index (χ0n) is 13.3. The van der Waals surface area contributed by atoms with Crippen LogP contribution in [0.3, 0.4) is 0 Å². The number of nitrogens with zero attached hydrogens (tertiary/aromatic N) is 2. The first kappa shape index (κ1) is 15.9. The lowest BCUT2D eigenvalue weighted by Gasteiger charge is -2.36. The van der Waals surface area contributed by atoms with Gasteiger partial charge in [-0.25, -0.2) is 0 Å². The Hall–Kier alpha value is -0.120. The highest BCUT2D eigenvalue weighted by Gasteiger charge is 2.35. The van der Waals surface area contributed by atoms with Crippen LogP contribution in [-0.4, -0.2) is 63.2 Å². The van der Waals surface area contributed by atoms with Gasteiger partial charge in [-0.15, -0.1) is 0 Å². The third-order valence-corrected chi connectivity index (χ3v) is 4.92. The molecule has 1 rings (SSSR count). The van der Waals surface area contributed by atoms with Gasteiger partial charge in [0, 0.05) is 32.2 Å². The molecular formula is C15H33N3. The summed E-state index contributed by atoms with van der Waals surface area (Å²) in [4.78, 5) is 5.07. The van der Waals surface area contributed by atoms with Crippen molar-refractivity contribution in [1.29, 1.82) is 0 Å². The van der Waals surface area contributed by atoms with Crippen molar-refractivity contribution in [3.05, 3.63) is 0 Å². The summed E-state index contributed by atoms with van der Waals surface area (Å²) in [5.74, 6) is 0.793. The van der Waals surface area contributed by atoms with Crippen LogP contribution in [0.25, 0.3) is 0 Å². The highest BCUT2D eigenvalue weighted by molar-refractivity contribution is 4.91. The quantitative estimate of drug-likeness (QED) is 0.749. The molecule has 1 N–H and O–H groups in total. The molecule has 1 saturated heterocycles. The average molecular weight is 255 g/mol. The lowest BCUT2D eigenvalue weighted by molar-refractivity contribution is 0.149. The topological polar surface area (TPSA) is 18.5 Å². The number of likely N-dealkylation sites (tertiary alicyclic amines) is 1. The van der Waals surface area contributed by atoms with Gasteiger partial charge in [-0.2, -0.15) is 0 Å². The summed E-state index contributed by atoms with van der Waals surface area (Å²) in [5, 5.41) is 3.39. The van der Waals surface area contributed by atoms with Crippen LogP contribution in [0.15, 0.2) is 0 Å². The molecule has 18 heavy (non-hydrogen) atoms. The zero-order chi connectivity index (χ0) is 13.8. The Morgan fingerprint density at radius 2 is 1.83 bits per heavy atom. The SMILES string of the molecule is CCC(CC)(CNC)CN1CC(C)C(N(C)C)C1. The lowest BCUT2D eigenvalue weighted by atomic mass is 9.81. The molecule has 1 fully saturated rings. The Morgan fingerprint density at radius 1 is 1.22 bits per heavy atom. The number of rotatable bonds is 7. The van der Waals surface area contributed by atoms with Crippen LogP contribution in [0.1, 0.15) is 33.6 Å². The molecule has 0 aromatic heterocycles. The molecule has 0 aliphatic carbocycles. The Morgan fingerprint density at radius 3 is 2.22 bits per heavy atom. The smallest absolute Gasteiger partial charge is 0.0254 e. The second-order valence-electron chi connectivity index (χ2n) is 6.44. The first-order valence-electron chi connectivity index (χ1n) is 7.51. The Bertz CT molecular complexity index is 236. The van der Waals surface area contributed by atoms with Crippen molar-refractivity contribution in [3.8, 4) is 0 Å². The molecule has 2 unspecified atom stereocenters. The normalized spacial score (nSPS) is 26.2. The van der Waals surface area contributed by atoms with Crippen molar-refractivity contribution >= 4 is 0 Å². The molecule has 1 aliphatic heterocycles. The summed E-state index contributed by atoms with van der Waals surface area (Å²) < 4.78 is 0. The fourth-order valence-electron chi connectivity index (χ4n) is 3.48. The zero-order valence-corrected chi connectivity index (χ0v) is 13.3. The molecule has 0 bridgehead atoms. The molecule has 0 radical (unpaired) electrons. The number of nitrogens with one attached hydrogen (secondary N) is 1. The second kappa shape index (κ2) is 6.88. The van der Waals surface area contributed by atoms with Crippen molar-refractivity contribution < 1.29 is 0 Å². The number of likely N-dealkylation sites (N-methyl/N-ethyl adjacent to an activating group) is 1. The minimum Gasteiger partial charge on any atom is -0.319 e. The molecule has 3 heteroatoms. The first-order chi connectivity index (χ1) is 8.48. The van der Waals surface area contributed by atoms with Crippen LogP contribution in [0.2, 0.25) is 0 Å². The maximum atomic E-state index is 3.39. The van der Waals surface area contributed by atoms with Crippen LogP contribution >= 0.6 is 0 Å². The van der Waals surface area contributed by atoms with Gasteiger partial charge >= 0.3 is 0 Å². The minimum atomic E-state index is 0.454. The van der Waals surface area contributed by atoms with Crippen molar-refractivity contribution in [2.75, 3.05) is 47.3 Å². The van der Waals surface area contributed by atoms with Crippen molar-refractivity contribution in [2.24, 2.45) is 11.3 Å². The molecule has 1 heterocycles. The van der Waals surface area contributed by atoms with E-state index < -0.39 is 0 Å². The van der Waals surface area contributed by atoms with E-state index >= 15 is 0 Å². The molecular weight excluding hydrogens is 222 g/mol. The van der Waals surface area contributed by atoms with Crippen molar-refractivity contribution in [3.63, 3.8) is 0 Å². The third-order valence-electron chi connectivity index (χ3n) is 4.92. The Balaban J connectivity index is 2.61. The standard InChI is InChI=1S/C15H33N3/c1-7-15(8-2,11-16-4)12-18-9-13(3)14(10-18)17(5)6/h13-14,16H,7-12H2,1-6H3. The van der Waals surface area contributed by atoms with Gasteiger partial charge in [-0.05, 0) is 45.3 Å². The van der Waals surface area contributed by atoms with Gasteiger partial charge in [-0.3, -0.25) is 0 Å². The molecule has 2 atom stereocenters. The van der Waals surface area contributed by atoms with Gasteiger partial charge in [0.15, 0.2) is 0 Å². The van der Waals surface area contributed by atoms with Gasteiger partial charge in [0.1, 0.15) is 0 Å². The van der Waals surface area contributed by atoms with E-state index in [0.29, 0.717) is 5.41 Å². The minimum absolute atomic E-state index is 0.454. The highest BCUT2D eigenvalue weighted by Crippen LogP contribution is 2.30. The van der Waals surface area contributed by atoms with E-state index in [2.05, 4.69) is 57.0 Å². The third kappa shape index (κ3) is 3.69. The summed E-state index contributed by atoms with van der Waals surface area (Å²) in [6.45, 7) is 11.9. The maximum Gasteiger partial charge on any atom is 0.0254 e. The summed E-state index contributed by atoms with van der Waals surface area (Å²) in [6.07, 6.45) is 2.53. The summed E-state index contributed by atoms with van der Waals surface area (Å²) in [6, 6.07) is 0.728. The largest absolute Gasteiger partial charge is 0.319 e. The van der Waals surface area contributed by atoms with Gasteiger partial charge in [0.05, 0.1) is 0 Å². The van der Waals surface area contributed by atoms with Crippen LogP contribution < -0.4 is 5.32 Å². The number of hydrogen-bond donors (Lipinski definition) is 1. The maximum absolute atomic E-state index is 3.39. The molecule has 0 aromatic rings. The van der Waals surface area contributed by atoms with E-state index in [1.165, 1.54) is 32.5 Å². The molecule has 1 aliphatic rings. The predicted octanol–water partition coefficient (Wildman–Crippen LogP) is 1.89. The molecule has 0 saturated carbocycles. The van der Waals surface area contributed by atoms with E-state index in [4.69, 9.17) is 0 Å². The van der Waals surface area contributed by atoms with Gasteiger partial charge in [0.25, 0.3) is 0 Å². The lowest BCUT2D eigenvalue weighted by Crippen LogP contribution is -2.43. The van der Waals surface area contributed by atoms with E-state index in [1.54, 1.807) is 0 Å². The van der Waals surface area contributed by atoms with Crippen LogP contribution in [0.5, 0.6) is 0 Å². The van der Waals surface area contributed by atoms with Gasteiger partial charge < -0.3 is 15.1 Å². The molecule has 108 valence electrons. The summed E-state index contributed by atoms with van der Waals surface area (Å²) in [5.41, 5.74) is 0.454. The fraction of sp³-hybridized carbons (Fsp3) is 1.00. The van der Waals surface area contributed by atoms with Crippen LogP contribution in [0.4, 0.5) is 0 Å². The van der Waals surface area contributed by atoms with Gasteiger partial charge in [-0.1, -0.05) is 20.8 Å². The summed E-state index contributed by atoms with van der Waals surface area (Å²) in [7, 11) is 6.51. The Labute approximate surface area is 114 Å². The average Bonchev–Trinajstić information content (AvgIpc) is 2.69. The monoisotopic (exact) mass is 255 g/mol. The second-order valence-corrected chi connectivity index (χ2v) is 6.44. The molecule has 3 nitrogen and oxygen atoms in total. The highest BCUT2D eigenvalue weighted by atomic mass is 15.2. The first-order valence-corrected chi connectivity index (χ1v) is 7.51. The predicted molar refractivity (Wildman–Crippen MR) is 80.0 cm³/mol. The van der Waals surface area contributed by atoms with E-state index in [0.717, 1.165) is 18.5 Å². The summed E-state index contributed by atoms with van der Waals surface area (Å²) >= 11 is 0. The van der Waals surface area contributed by atoms with Crippen molar-refractivity contribution in [2.45, 2.75) is 39.7 Å². The van der Waals surface area contributed by atoms with Crippen LogP contribution in [-0.2, 0) is 0 Å². The Kier molecular flexibility index (Phi) is 6.09. The molecule has 0 amide bonds. The molecule has 0 aromatic carbocycles. The van der Waals surface area contributed by atoms with Crippen LogP contribution in [0, 0.1) is 11.3 Å². The number of hydrogen-bond acceptors (Lipinski definition) is 3. The van der Waals surface area contributed by atoms with Crippen molar-refractivity contribution in [1.82, 2.24) is 15.1 Å². The van der Waals surface area contributed by atoms with Gasteiger partial charge in [0.2, 0.25) is 0 Å². The van der Waals surface area contributed by atoms with E-state index in [9.17, 15) is 0 Å². The molecule has 0 spiro atoms. The van der Waals surface area contributed by atoms with E-state index in [-0.39, 0.29) is 0 Å². The van der Waals surface area contributed by atoms with E-state index in [1.807, 2.05) is 0 Å².